The Labute approximate surface area is 137 Å². The van der Waals surface area contributed by atoms with E-state index in [1.54, 1.807) is 14.0 Å². The number of hydrogen-bond donors (Lipinski definition) is 2. The molecular weight excluding hydrogens is 406 g/mol. The second kappa shape index (κ2) is 6.35. The van der Waals surface area contributed by atoms with E-state index in [1.807, 2.05) is 18.2 Å². The Morgan fingerprint density at radius 1 is 1.24 bits per heavy atom. The van der Waals surface area contributed by atoms with Gasteiger partial charge in [-0.25, -0.2) is 4.98 Å². The molecule has 0 spiro atoms. The quantitative estimate of drug-likeness (QED) is 0.577. The summed E-state index contributed by atoms with van der Waals surface area (Å²) in [6, 6.07) is 5.50. The molecule has 21 heavy (non-hydrogen) atoms. The molecular formula is C12H11Br2N5O2. The number of nitro groups is 1. The first-order valence-corrected chi connectivity index (χ1v) is 7.44. The van der Waals surface area contributed by atoms with Crippen molar-refractivity contribution in [1.29, 1.82) is 0 Å². The molecule has 0 aliphatic carbocycles. The first kappa shape index (κ1) is 15.6. The van der Waals surface area contributed by atoms with Crippen LogP contribution in [0, 0.1) is 17.0 Å². The Balaban J connectivity index is 2.57. The highest BCUT2D eigenvalue weighted by atomic mass is 79.9. The molecule has 2 N–H and O–H groups in total. The van der Waals surface area contributed by atoms with E-state index in [4.69, 9.17) is 0 Å². The van der Waals surface area contributed by atoms with E-state index in [9.17, 15) is 10.1 Å². The summed E-state index contributed by atoms with van der Waals surface area (Å²) in [6.07, 6.45) is 0. The predicted molar refractivity (Wildman–Crippen MR) is 88.1 cm³/mol. The first-order chi connectivity index (χ1) is 9.93. The van der Waals surface area contributed by atoms with Crippen LogP contribution in [0.5, 0.6) is 0 Å². The lowest BCUT2D eigenvalue weighted by Gasteiger charge is -2.12. The maximum Gasteiger partial charge on any atom is 0.332 e. The number of rotatable bonds is 4. The fourth-order valence-corrected chi connectivity index (χ4v) is 2.92. The van der Waals surface area contributed by atoms with E-state index in [2.05, 4.69) is 52.5 Å². The van der Waals surface area contributed by atoms with Crippen molar-refractivity contribution in [3.8, 4) is 0 Å². The summed E-state index contributed by atoms with van der Waals surface area (Å²) in [7, 11) is 1.65. The Morgan fingerprint density at radius 3 is 2.38 bits per heavy atom. The molecule has 0 fully saturated rings. The van der Waals surface area contributed by atoms with Gasteiger partial charge >= 0.3 is 5.69 Å². The number of nitrogens with one attached hydrogen (secondary N) is 2. The third-order valence-corrected chi connectivity index (χ3v) is 3.99. The van der Waals surface area contributed by atoms with Crippen LogP contribution in [0.4, 0.5) is 23.1 Å². The van der Waals surface area contributed by atoms with Crippen LogP contribution < -0.4 is 10.6 Å². The third kappa shape index (κ3) is 3.30. The van der Waals surface area contributed by atoms with Gasteiger partial charge in [0.1, 0.15) is 5.69 Å². The van der Waals surface area contributed by atoms with Crippen LogP contribution in [0.3, 0.4) is 0 Å². The number of hydrogen-bond acceptors (Lipinski definition) is 6. The van der Waals surface area contributed by atoms with Crippen molar-refractivity contribution >= 4 is 55.0 Å². The number of halogens is 2. The monoisotopic (exact) mass is 415 g/mol. The molecule has 0 amide bonds. The van der Waals surface area contributed by atoms with Gasteiger partial charge in [0.15, 0.2) is 0 Å². The van der Waals surface area contributed by atoms with Crippen LogP contribution in [0.1, 0.15) is 5.69 Å². The molecule has 9 heteroatoms. The first-order valence-electron chi connectivity index (χ1n) is 5.86. The van der Waals surface area contributed by atoms with Crippen molar-refractivity contribution in [2.24, 2.45) is 0 Å². The van der Waals surface area contributed by atoms with E-state index in [0.29, 0.717) is 11.6 Å². The minimum Gasteiger partial charge on any atom is -0.357 e. The van der Waals surface area contributed by atoms with Gasteiger partial charge in [0, 0.05) is 16.0 Å². The number of aryl methyl sites for hydroxylation is 1. The predicted octanol–water partition coefficient (Wildman–Crippen LogP) is 4.00. The van der Waals surface area contributed by atoms with Crippen molar-refractivity contribution in [3.05, 3.63) is 43.0 Å². The maximum absolute atomic E-state index is 11.2. The molecule has 2 rings (SSSR count). The lowest BCUT2D eigenvalue weighted by molar-refractivity contribution is -0.385. The molecule has 0 unspecified atom stereocenters. The van der Waals surface area contributed by atoms with Crippen molar-refractivity contribution < 1.29 is 4.92 Å². The standard InChI is InChI=1S/C12H11Br2N5O2/c1-6-10(19(20)21)11(18-12(15-2)16-6)17-9-7(13)4-3-5-8(9)14/h3-5H,1-2H3,(H2,15,16,17,18). The summed E-state index contributed by atoms with van der Waals surface area (Å²) in [6.45, 7) is 1.57. The van der Waals surface area contributed by atoms with Gasteiger partial charge in [-0.3, -0.25) is 10.1 Å². The SMILES string of the molecule is CNc1nc(C)c([N+](=O)[O-])c(Nc2c(Br)cccc2Br)n1. The van der Waals surface area contributed by atoms with Gasteiger partial charge in [0.05, 0.1) is 10.6 Å². The van der Waals surface area contributed by atoms with Crippen LogP contribution >= 0.6 is 31.9 Å². The topological polar surface area (TPSA) is 93.0 Å². The number of para-hydroxylation sites is 1. The molecule has 0 atom stereocenters. The van der Waals surface area contributed by atoms with Crippen LogP contribution in [-0.2, 0) is 0 Å². The fourth-order valence-electron chi connectivity index (χ4n) is 1.72. The van der Waals surface area contributed by atoms with Crippen molar-refractivity contribution in [2.75, 3.05) is 17.7 Å². The van der Waals surface area contributed by atoms with E-state index in [0.717, 1.165) is 8.95 Å². The molecule has 1 heterocycles. The Bertz CT molecular complexity index is 688. The molecule has 0 radical (unpaired) electrons. The molecule has 1 aromatic heterocycles. The second-order valence-electron chi connectivity index (χ2n) is 4.06. The highest BCUT2D eigenvalue weighted by Gasteiger charge is 2.23. The lowest BCUT2D eigenvalue weighted by atomic mass is 10.3. The zero-order valence-corrected chi connectivity index (χ0v) is 14.3. The molecule has 2 aromatic rings. The van der Waals surface area contributed by atoms with Gasteiger partial charge in [-0.1, -0.05) is 6.07 Å². The lowest BCUT2D eigenvalue weighted by Crippen LogP contribution is -2.07. The summed E-state index contributed by atoms with van der Waals surface area (Å²) >= 11 is 6.80. The summed E-state index contributed by atoms with van der Waals surface area (Å²) in [5, 5.41) is 17.0. The van der Waals surface area contributed by atoms with Gasteiger partial charge in [-0.15, -0.1) is 0 Å². The molecule has 110 valence electrons. The smallest absolute Gasteiger partial charge is 0.332 e. The van der Waals surface area contributed by atoms with Gasteiger partial charge < -0.3 is 10.6 Å². The molecule has 1 aromatic carbocycles. The largest absolute Gasteiger partial charge is 0.357 e. The van der Waals surface area contributed by atoms with Gasteiger partial charge in [0.2, 0.25) is 11.8 Å². The Morgan fingerprint density at radius 2 is 1.86 bits per heavy atom. The second-order valence-corrected chi connectivity index (χ2v) is 5.77. The molecule has 0 aliphatic heterocycles. The number of anilines is 3. The van der Waals surface area contributed by atoms with Crippen molar-refractivity contribution in [3.63, 3.8) is 0 Å². The molecule has 0 aliphatic rings. The van der Waals surface area contributed by atoms with Gasteiger partial charge in [-0.2, -0.15) is 4.98 Å². The third-order valence-electron chi connectivity index (χ3n) is 2.67. The summed E-state index contributed by atoms with van der Waals surface area (Å²) in [4.78, 5) is 18.9. The molecule has 0 bridgehead atoms. The van der Waals surface area contributed by atoms with Crippen LogP contribution in [-0.4, -0.2) is 21.9 Å². The van der Waals surface area contributed by atoms with E-state index < -0.39 is 4.92 Å². The average Bonchev–Trinajstić information content (AvgIpc) is 2.42. The van der Waals surface area contributed by atoms with E-state index >= 15 is 0 Å². The molecule has 0 saturated carbocycles. The minimum atomic E-state index is -0.498. The average molecular weight is 417 g/mol. The maximum atomic E-state index is 11.2. The van der Waals surface area contributed by atoms with Crippen molar-refractivity contribution in [1.82, 2.24) is 9.97 Å². The molecule has 0 saturated heterocycles. The summed E-state index contributed by atoms with van der Waals surface area (Å²) in [5.74, 6) is 0.438. The number of benzene rings is 1. The Kier molecular flexibility index (Phi) is 4.73. The normalized spacial score (nSPS) is 10.3. The van der Waals surface area contributed by atoms with Crippen molar-refractivity contribution in [2.45, 2.75) is 6.92 Å². The van der Waals surface area contributed by atoms with E-state index in [1.165, 1.54) is 0 Å². The fraction of sp³-hybridized carbons (Fsp3) is 0.167. The number of aromatic nitrogens is 2. The molecule has 7 nitrogen and oxygen atoms in total. The minimum absolute atomic E-state index is 0.129. The zero-order valence-electron chi connectivity index (χ0n) is 11.1. The highest BCUT2D eigenvalue weighted by Crippen LogP contribution is 2.36. The summed E-state index contributed by atoms with van der Waals surface area (Å²) < 4.78 is 1.52. The van der Waals surface area contributed by atoms with Crippen LogP contribution in [0.15, 0.2) is 27.1 Å². The van der Waals surface area contributed by atoms with Gasteiger partial charge in [0.25, 0.3) is 0 Å². The van der Waals surface area contributed by atoms with E-state index in [-0.39, 0.29) is 17.2 Å². The van der Waals surface area contributed by atoms with Crippen LogP contribution in [0.2, 0.25) is 0 Å². The summed E-state index contributed by atoms with van der Waals surface area (Å²) in [5.41, 5.74) is 0.780. The van der Waals surface area contributed by atoms with Crippen LogP contribution in [0.25, 0.3) is 0 Å². The zero-order chi connectivity index (χ0) is 15.6. The van der Waals surface area contributed by atoms with Gasteiger partial charge in [-0.05, 0) is 50.9 Å². The Hall–Kier alpha value is -1.74. The highest BCUT2D eigenvalue weighted by molar-refractivity contribution is 9.11. The number of nitrogens with zero attached hydrogens (tertiary/aromatic N) is 3.